The summed E-state index contributed by atoms with van der Waals surface area (Å²) in [6, 6.07) is 9.40. The maximum absolute atomic E-state index is 12.6. The van der Waals surface area contributed by atoms with E-state index >= 15 is 0 Å². The number of sulfonamides is 1. The first-order valence-electron chi connectivity index (χ1n) is 10.1. The van der Waals surface area contributed by atoms with E-state index in [0.717, 1.165) is 5.56 Å². The van der Waals surface area contributed by atoms with Crippen molar-refractivity contribution in [3.05, 3.63) is 35.9 Å². The number of carbonyl (C=O) groups excluding carboxylic acids is 2. The highest BCUT2D eigenvalue weighted by atomic mass is 32.2. The van der Waals surface area contributed by atoms with Crippen LogP contribution in [0.4, 0.5) is 0 Å². The van der Waals surface area contributed by atoms with E-state index < -0.39 is 15.9 Å². The first kappa shape index (κ1) is 22.4. The van der Waals surface area contributed by atoms with Crippen LogP contribution < -0.4 is 5.32 Å². The minimum absolute atomic E-state index is 0.0209. The Morgan fingerprint density at radius 1 is 1.17 bits per heavy atom. The predicted octanol–water partition coefficient (Wildman–Crippen LogP) is 0.720. The number of morpholine rings is 1. The molecular formula is C20H28N4O5S. The third kappa shape index (κ3) is 5.87. The molecule has 1 saturated heterocycles. The Kier molecular flexibility index (Phi) is 7.22. The number of nitrogens with one attached hydrogen (secondary N) is 1. The van der Waals surface area contributed by atoms with Crippen molar-refractivity contribution in [2.75, 3.05) is 25.4 Å². The largest absolute Gasteiger partial charge is 0.373 e. The molecule has 2 aliphatic rings. The number of hydrogen-bond donors (Lipinski definition) is 1. The standard InChI is InChI=1S/C20H28N4O5S/c1-15-12-23(13-16(2)29-15)30(27,28)11-10-21-20(26)18-8-9-19(25)24(22-18)14-17-6-4-3-5-7-17/h3-7,15-16H,8-14H2,1-2H3,(H,21,26). The van der Waals surface area contributed by atoms with Crippen LogP contribution in [-0.2, 0) is 30.9 Å². The van der Waals surface area contributed by atoms with Crippen molar-refractivity contribution in [3.8, 4) is 0 Å². The molecule has 0 radical (unpaired) electrons. The van der Waals surface area contributed by atoms with E-state index in [2.05, 4.69) is 10.4 Å². The van der Waals surface area contributed by atoms with Crippen molar-refractivity contribution in [2.45, 2.75) is 45.4 Å². The van der Waals surface area contributed by atoms with Crippen LogP contribution in [0, 0.1) is 0 Å². The zero-order valence-corrected chi connectivity index (χ0v) is 18.1. The third-order valence-corrected chi connectivity index (χ3v) is 6.77. The molecule has 2 heterocycles. The van der Waals surface area contributed by atoms with Gasteiger partial charge in [-0.2, -0.15) is 9.41 Å². The van der Waals surface area contributed by atoms with Gasteiger partial charge in [-0.05, 0) is 19.4 Å². The number of amides is 2. The molecule has 1 aromatic rings. The lowest BCUT2D eigenvalue weighted by molar-refractivity contribution is -0.132. The van der Waals surface area contributed by atoms with E-state index in [1.54, 1.807) is 0 Å². The maximum Gasteiger partial charge on any atom is 0.267 e. The topological polar surface area (TPSA) is 108 Å². The Hall–Kier alpha value is -2.30. The van der Waals surface area contributed by atoms with Crippen molar-refractivity contribution in [3.63, 3.8) is 0 Å². The molecule has 0 bridgehead atoms. The van der Waals surface area contributed by atoms with Crippen LogP contribution in [0.3, 0.4) is 0 Å². The van der Waals surface area contributed by atoms with Gasteiger partial charge in [-0.3, -0.25) is 9.59 Å². The molecule has 2 amide bonds. The zero-order chi connectivity index (χ0) is 21.7. The van der Waals surface area contributed by atoms with Crippen LogP contribution in [0.25, 0.3) is 0 Å². The molecule has 2 aliphatic heterocycles. The van der Waals surface area contributed by atoms with Gasteiger partial charge in [-0.15, -0.1) is 0 Å². The summed E-state index contributed by atoms with van der Waals surface area (Å²) in [5, 5.41) is 8.11. The minimum Gasteiger partial charge on any atom is -0.373 e. The molecule has 1 N–H and O–H groups in total. The number of benzene rings is 1. The van der Waals surface area contributed by atoms with Crippen LogP contribution >= 0.6 is 0 Å². The van der Waals surface area contributed by atoms with Gasteiger partial charge >= 0.3 is 0 Å². The van der Waals surface area contributed by atoms with E-state index in [4.69, 9.17) is 4.74 Å². The van der Waals surface area contributed by atoms with E-state index in [0.29, 0.717) is 13.1 Å². The molecule has 2 unspecified atom stereocenters. The van der Waals surface area contributed by atoms with Crippen molar-refractivity contribution >= 4 is 27.5 Å². The minimum atomic E-state index is -3.50. The molecular weight excluding hydrogens is 408 g/mol. The monoisotopic (exact) mass is 436 g/mol. The summed E-state index contributed by atoms with van der Waals surface area (Å²) in [7, 11) is -3.50. The van der Waals surface area contributed by atoms with Gasteiger partial charge < -0.3 is 10.1 Å². The fraction of sp³-hybridized carbons (Fsp3) is 0.550. The summed E-state index contributed by atoms with van der Waals surface area (Å²) in [6.45, 7) is 4.56. The first-order chi connectivity index (χ1) is 14.2. The van der Waals surface area contributed by atoms with Crippen molar-refractivity contribution in [2.24, 2.45) is 5.10 Å². The third-order valence-electron chi connectivity index (χ3n) is 4.97. The Morgan fingerprint density at radius 2 is 1.83 bits per heavy atom. The smallest absolute Gasteiger partial charge is 0.267 e. The Morgan fingerprint density at radius 3 is 2.50 bits per heavy atom. The highest BCUT2D eigenvalue weighted by Crippen LogP contribution is 2.15. The molecule has 0 aliphatic carbocycles. The Bertz CT molecular complexity index is 893. The number of hydrazone groups is 1. The molecule has 1 aromatic carbocycles. The Balaban J connectivity index is 1.55. The highest BCUT2D eigenvalue weighted by Gasteiger charge is 2.31. The lowest BCUT2D eigenvalue weighted by atomic mass is 10.1. The first-order valence-corrected chi connectivity index (χ1v) is 11.7. The Labute approximate surface area is 177 Å². The number of ether oxygens (including phenoxy) is 1. The second-order valence-corrected chi connectivity index (χ2v) is 9.72. The fourth-order valence-corrected chi connectivity index (χ4v) is 5.02. The summed E-state index contributed by atoms with van der Waals surface area (Å²) < 4.78 is 32.1. The van der Waals surface area contributed by atoms with E-state index in [-0.39, 0.29) is 55.5 Å². The van der Waals surface area contributed by atoms with E-state index in [1.165, 1.54) is 9.31 Å². The zero-order valence-electron chi connectivity index (χ0n) is 17.3. The number of hydrogen-bond acceptors (Lipinski definition) is 6. The SMILES string of the molecule is CC1CN(S(=O)(=O)CCNC(=O)C2=NN(Cc3ccccc3)C(=O)CC2)CC(C)O1. The summed E-state index contributed by atoms with van der Waals surface area (Å²) in [5.41, 5.74) is 1.15. The van der Waals surface area contributed by atoms with Gasteiger partial charge in [0.05, 0.1) is 24.5 Å². The van der Waals surface area contributed by atoms with Gasteiger partial charge in [0.1, 0.15) is 5.71 Å². The number of rotatable bonds is 7. The summed E-state index contributed by atoms with van der Waals surface area (Å²) >= 11 is 0. The average molecular weight is 437 g/mol. The van der Waals surface area contributed by atoms with Crippen LogP contribution in [-0.4, -0.2) is 72.9 Å². The maximum atomic E-state index is 12.6. The van der Waals surface area contributed by atoms with Crippen molar-refractivity contribution < 1.29 is 22.7 Å². The van der Waals surface area contributed by atoms with Gasteiger partial charge in [0, 0.05) is 32.5 Å². The summed E-state index contributed by atoms with van der Waals surface area (Å²) in [6.07, 6.45) is 0.105. The molecule has 1 fully saturated rings. The average Bonchev–Trinajstić information content (AvgIpc) is 2.69. The van der Waals surface area contributed by atoms with Crippen molar-refractivity contribution in [1.82, 2.24) is 14.6 Å². The molecule has 0 aromatic heterocycles. The number of nitrogens with zero attached hydrogens (tertiary/aromatic N) is 3. The quantitative estimate of drug-likeness (QED) is 0.678. The van der Waals surface area contributed by atoms with Crippen LogP contribution in [0.5, 0.6) is 0 Å². The van der Waals surface area contributed by atoms with E-state index in [1.807, 2.05) is 44.2 Å². The predicted molar refractivity (Wildman–Crippen MR) is 112 cm³/mol. The van der Waals surface area contributed by atoms with Crippen LogP contribution in [0.15, 0.2) is 35.4 Å². The molecule has 0 saturated carbocycles. The summed E-state index contributed by atoms with van der Waals surface area (Å²) in [5.74, 6) is -0.786. The molecule has 30 heavy (non-hydrogen) atoms. The lowest BCUT2D eigenvalue weighted by Crippen LogP contribution is -2.50. The van der Waals surface area contributed by atoms with Gasteiger partial charge in [-0.25, -0.2) is 13.4 Å². The van der Waals surface area contributed by atoms with Gasteiger partial charge in [0.25, 0.3) is 5.91 Å². The second kappa shape index (κ2) is 9.67. The van der Waals surface area contributed by atoms with Gasteiger partial charge in [0.2, 0.25) is 15.9 Å². The highest BCUT2D eigenvalue weighted by molar-refractivity contribution is 7.89. The molecule has 0 spiro atoms. The van der Waals surface area contributed by atoms with Crippen molar-refractivity contribution in [1.29, 1.82) is 0 Å². The van der Waals surface area contributed by atoms with Gasteiger partial charge in [0.15, 0.2) is 0 Å². The van der Waals surface area contributed by atoms with E-state index in [9.17, 15) is 18.0 Å². The normalized spacial score (nSPS) is 23.2. The fourth-order valence-electron chi connectivity index (χ4n) is 3.53. The number of carbonyl (C=O) groups is 2. The van der Waals surface area contributed by atoms with Crippen LogP contribution in [0.1, 0.15) is 32.3 Å². The van der Waals surface area contributed by atoms with Gasteiger partial charge in [-0.1, -0.05) is 30.3 Å². The summed E-state index contributed by atoms with van der Waals surface area (Å²) in [4.78, 5) is 24.6. The second-order valence-electron chi connectivity index (χ2n) is 7.63. The molecule has 2 atom stereocenters. The van der Waals surface area contributed by atoms with Crippen LogP contribution in [0.2, 0.25) is 0 Å². The molecule has 164 valence electrons. The lowest BCUT2D eigenvalue weighted by Gasteiger charge is -2.34. The molecule has 10 heteroatoms. The molecule has 3 rings (SSSR count). The molecule has 9 nitrogen and oxygen atoms in total.